The molecule has 0 amide bonds. The average Bonchev–Trinajstić information content (AvgIpc) is 2.13. The normalized spacial score (nSPS) is 11.9. The van der Waals surface area contributed by atoms with Crippen molar-refractivity contribution in [3.05, 3.63) is 0 Å². The van der Waals surface area contributed by atoms with E-state index in [2.05, 4.69) is 0 Å². The van der Waals surface area contributed by atoms with E-state index in [1.54, 1.807) is 0 Å². The van der Waals surface area contributed by atoms with Gasteiger partial charge in [-0.05, 0) is 6.26 Å². The van der Waals surface area contributed by atoms with Gasteiger partial charge in [0.1, 0.15) is 6.61 Å². The predicted octanol–water partition coefficient (Wildman–Crippen LogP) is 0.818. The van der Waals surface area contributed by atoms with Crippen LogP contribution >= 0.6 is 11.8 Å². The molecule has 0 spiro atoms. The number of ether oxygens (including phenoxy) is 3. The SMILES string of the molecule is CSCOCC(COC(C)=O)OC(C)=O. The maximum atomic E-state index is 10.7. The van der Waals surface area contributed by atoms with Crippen molar-refractivity contribution in [3.63, 3.8) is 0 Å². The highest BCUT2D eigenvalue weighted by molar-refractivity contribution is 7.98. The number of esters is 2. The summed E-state index contributed by atoms with van der Waals surface area (Å²) in [7, 11) is 0. The summed E-state index contributed by atoms with van der Waals surface area (Å²) in [6.07, 6.45) is 1.37. The number of thioether (sulfide) groups is 1. The van der Waals surface area contributed by atoms with Crippen LogP contribution in [0.3, 0.4) is 0 Å². The monoisotopic (exact) mass is 236 g/mol. The Hall–Kier alpha value is -0.750. The fourth-order valence-corrected chi connectivity index (χ4v) is 1.09. The third kappa shape index (κ3) is 9.55. The molecule has 0 aromatic heterocycles. The zero-order valence-corrected chi connectivity index (χ0v) is 9.96. The Labute approximate surface area is 93.4 Å². The van der Waals surface area contributed by atoms with Crippen LogP contribution < -0.4 is 0 Å². The van der Waals surface area contributed by atoms with Gasteiger partial charge in [0.2, 0.25) is 0 Å². The maximum absolute atomic E-state index is 10.7. The van der Waals surface area contributed by atoms with Crippen molar-refractivity contribution in [1.82, 2.24) is 0 Å². The molecule has 0 aromatic carbocycles. The average molecular weight is 236 g/mol. The second kappa shape index (κ2) is 8.55. The summed E-state index contributed by atoms with van der Waals surface area (Å²) in [4.78, 5) is 21.3. The maximum Gasteiger partial charge on any atom is 0.303 e. The lowest BCUT2D eigenvalue weighted by Crippen LogP contribution is -2.28. The largest absolute Gasteiger partial charge is 0.462 e. The summed E-state index contributed by atoms with van der Waals surface area (Å²) in [5.41, 5.74) is 0. The minimum Gasteiger partial charge on any atom is -0.462 e. The molecule has 0 aromatic rings. The van der Waals surface area contributed by atoms with E-state index in [-0.39, 0.29) is 13.2 Å². The van der Waals surface area contributed by atoms with Crippen molar-refractivity contribution in [2.24, 2.45) is 0 Å². The van der Waals surface area contributed by atoms with Gasteiger partial charge >= 0.3 is 11.9 Å². The van der Waals surface area contributed by atoms with Crippen molar-refractivity contribution in [2.75, 3.05) is 25.4 Å². The standard InChI is InChI=1S/C9H16O5S/c1-7(10)13-5-9(14-8(2)11)4-12-6-15-3/h9H,4-6H2,1-3H3. The molecular formula is C9H16O5S. The molecule has 1 unspecified atom stereocenters. The van der Waals surface area contributed by atoms with E-state index >= 15 is 0 Å². The molecule has 0 N–H and O–H groups in total. The first-order valence-electron chi connectivity index (χ1n) is 4.43. The fourth-order valence-electron chi connectivity index (χ4n) is 0.824. The number of hydrogen-bond acceptors (Lipinski definition) is 6. The van der Waals surface area contributed by atoms with E-state index in [1.165, 1.54) is 25.6 Å². The molecule has 0 radical (unpaired) electrons. The fraction of sp³-hybridized carbons (Fsp3) is 0.778. The van der Waals surface area contributed by atoms with Crippen molar-refractivity contribution in [2.45, 2.75) is 20.0 Å². The third-order valence-electron chi connectivity index (χ3n) is 1.31. The first-order chi connectivity index (χ1) is 7.06. The Morgan fingerprint density at radius 2 is 1.87 bits per heavy atom. The third-order valence-corrected chi connectivity index (χ3v) is 1.71. The molecule has 0 aliphatic heterocycles. The molecule has 0 aliphatic carbocycles. The van der Waals surface area contributed by atoms with Gasteiger partial charge in [0, 0.05) is 13.8 Å². The highest BCUT2D eigenvalue weighted by atomic mass is 32.2. The van der Waals surface area contributed by atoms with Crippen molar-refractivity contribution >= 4 is 23.7 Å². The molecule has 1 atom stereocenters. The van der Waals surface area contributed by atoms with Crippen LogP contribution in [0.5, 0.6) is 0 Å². The molecule has 0 aliphatic rings. The quantitative estimate of drug-likeness (QED) is 0.370. The molecule has 0 bridgehead atoms. The van der Waals surface area contributed by atoms with Crippen molar-refractivity contribution in [3.8, 4) is 0 Å². The molecule has 6 heteroatoms. The summed E-state index contributed by atoms with van der Waals surface area (Å²) in [5, 5.41) is 0. The summed E-state index contributed by atoms with van der Waals surface area (Å²) < 4.78 is 14.8. The lowest BCUT2D eigenvalue weighted by molar-refractivity contribution is -0.159. The van der Waals surface area contributed by atoms with Crippen LogP contribution in [-0.4, -0.2) is 43.5 Å². The van der Waals surface area contributed by atoms with Gasteiger partial charge in [-0.2, -0.15) is 0 Å². The molecule has 0 rings (SSSR count). The second-order valence-corrected chi connectivity index (χ2v) is 3.62. The van der Waals surface area contributed by atoms with Gasteiger partial charge in [0.05, 0.1) is 12.5 Å². The minimum atomic E-state index is -0.529. The van der Waals surface area contributed by atoms with Gasteiger partial charge in [-0.25, -0.2) is 0 Å². The smallest absolute Gasteiger partial charge is 0.303 e. The number of carbonyl (C=O) groups excluding carboxylic acids is 2. The van der Waals surface area contributed by atoms with Gasteiger partial charge in [0.25, 0.3) is 0 Å². The summed E-state index contributed by atoms with van der Waals surface area (Å²) in [5.74, 6) is -0.311. The summed E-state index contributed by atoms with van der Waals surface area (Å²) in [6, 6.07) is 0. The molecule has 88 valence electrons. The van der Waals surface area contributed by atoms with Crippen LogP contribution in [0.15, 0.2) is 0 Å². The van der Waals surface area contributed by atoms with E-state index in [4.69, 9.17) is 14.2 Å². The van der Waals surface area contributed by atoms with Crippen LogP contribution in [0.2, 0.25) is 0 Å². The number of carbonyl (C=O) groups is 2. The van der Waals surface area contributed by atoms with Crippen LogP contribution in [0, 0.1) is 0 Å². The Balaban J connectivity index is 3.83. The Morgan fingerprint density at radius 3 is 2.33 bits per heavy atom. The molecule has 5 nitrogen and oxygen atoms in total. The molecular weight excluding hydrogens is 220 g/mol. The Bertz CT molecular complexity index is 207. The highest BCUT2D eigenvalue weighted by Crippen LogP contribution is 1.99. The first kappa shape index (κ1) is 14.2. The molecule has 0 fully saturated rings. The van der Waals surface area contributed by atoms with Crippen molar-refractivity contribution in [1.29, 1.82) is 0 Å². The lowest BCUT2D eigenvalue weighted by Gasteiger charge is -2.16. The van der Waals surface area contributed by atoms with E-state index in [0.29, 0.717) is 5.94 Å². The zero-order chi connectivity index (χ0) is 11.7. The van der Waals surface area contributed by atoms with Crippen LogP contribution in [0.1, 0.15) is 13.8 Å². The number of rotatable bonds is 7. The van der Waals surface area contributed by atoms with Crippen LogP contribution in [-0.2, 0) is 23.8 Å². The van der Waals surface area contributed by atoms with Crippen molar-refractivity contribution < 1.29 is 23.8 Å². The molecule has 0 saturated carbocycles. The van der Waals surface area contributed by atoms with Crippen LogP contribution in [0.25, 0.3) is 0 Å². The lowest BCUT2D eigenvalue weighted by atomic mass is 10.4. The second-order valence-electron chi connectivity index (χ2n) is 2.81. The number of hydrogen-bond donors (Lipinski definition) is 0. The first-order valence-corrected chi connectivity index (χ1v) is 5.83. The van der Waals surface area contributed by atoms with Gasteiger partial charge < -0.3 is 14.2 Å². The predicted molar refractivity (Wildman–Crippen MR) is 56.5 cm³/mol. The summed E-state index contributed by atoms with van der Waals surface area (Å²) >= 11 is 1.52. The Kier molecular flexibility index (Phi) is 8.12. The van der Waals surface area contributed by atoms with Gasteiger partial charge in [-0.1, -0.05) is 0 Å². The van der Waals surface area contributed by atoms with E-state index < -0.39 is 18.0 Å². The highest BCUT2D eigenvalue weighted by Gasteiger charge is 2.13. The van der Waals surface area contributed by atoms with Crippen LogP contribution in [0.4, 0.5) is 0 Å². The van der Waals surface area contributed by atoms with Gasteiger partial charge in [-0.3, -0.25) is 9.59 Å². The summed E-state index contributed by atoms with van der Waals surface area (Å²) in [6.45, 7) is 2.86. The molecule has 0 heterocycles. The molecule has 15 heavy (non-hydrogen) atoms. The topological polar surface area (TPSA) is 61.8 Å². The van der Waals surface area contributed by atoms with Gasteiger partial charge in [-0.15, -0.1) is 11.8 Å². The van der Waals surface area contributed by atoms with E-state index in [0.717, 1.165) is 0 Å². The zero-order valence-electron chi connectivity index (χ0n) is 9.15. The van der Waals surface area contributed by atoms with E-state index in [1.807, 2.05) is 6.26 Å². The molecule has 0 saturated heterocycles. The minimum absolute atomic E-state index is 0.0310. The van der Waals surface area contributed by atoms with E-state index in [9.17, 15) is 9.59 Å². The van der Waals surface area contributed by atoms with Gasteiger partial charge in [0.15, 0.2) is 6.10 Å². The Morgan fingerprint density at radius 1 is 1.20 bits per heavy atom.